The molecule has 4 atom stereocenters. The third-order valence-electron chi connectivity index (χ3n) is 7.48. The van der Waals surface area contributed by atoms with Gasteiger partial charge in [-0.2, -0.15) is 0 Å². The molecule has 0 aromatic heterocycles. The quantitative estimate of drug-likeness (QED) is 0.753. The summed E-state index contributed by atoms with van der Waals surface area (Å²) >= 11 is 0. The predicted molar refractivity (Wildman–Crippen MR) is 107 cm³/mol. The van der Waals surface area contributed by atoms with E-state index in [2.05, 4.69) is 40.6 Å². The summed E-state index contributed by atoms with van der Waals surface area (Å²) < 4.78 is 6.36. The molecule has 150 valence electrons. The molecule has 26 heavy (non-hydrogen) atoms. The van der Waals surface area contributed by atoms with E-state index in [0.717, 1.165) is 31.1 Å². The van der Waals surface area contributed by atoms with Crippen molar-refractivity contribution in [1.82, 2.24) is 19.6 Å². The maximum Gasteiger partial charge on any atom is 0.0718 e. The molecule has 4 fully saturated rings. The Labute approximate surface area is 160 Å². The van der Waals surface area contributed by atoms with Gasteiger partial charge in [-0.3, -0.25) is 9.80 Å². The molecule has 0 aliphatic carbocycles. The van der Waals surface area contributed by atoms with Crippen molar-refractivity contribution in [2.45, 2.75) is 63.3 Å². The van der Waals surface area contributed by atoms with Crippen LogP contribution < -0.4 is 0 Å². The highest BCUT2D eigenvalue weighted by atomic mass is 16.5. The lowest BCUT2D eigenvalue weighted by Crippen LogP contribution is -2.54. The minimum Gasteiger partial charge on any atom is -0.373 e. The summed E-state index contributed by atoms with van der Waals surface area (Å²) in [7, 11) is 4.55. The van der Waals surface area contributed by atoms with Crippen LogP contribution in [0, 0.1) is 5.92 Å². The summed E-state index contributed by atoms with van der Waals surface area (Å²) in [5.41, 5.74) is 0. The lowest BCUT2D eigenvalue weighted by atomic mass is 9.92. The van der Waals surface area contributed by atoms with Crippen LogP contribution in [0.5, 0.6) is 0 Å². The van der Waals surface area contributed by atoms with E-state index in [1.54, 1.807) is 0 Å². The SMILES string of the molecule is CC1CN(C2CCN(C)CC2)CC(CCN2CCC3CCN(C)CC32)O1. The number of piperidine rings is 2. The number of nitrogens with zero attached hydrogens (tertiary/aromatic N) is 4. The molecule has 5 nitrogen and oxygen atoms in total. The molecule has 4 unspecified atom stereocenters. The Balaban J connectivity index is 1.27. The van der Waals surface area contributed by atoms with Crippen LogP contribution in [-0.4, -0.2) is 110 Å². The van der Waals surface area contributed by atoms with E-state index in [1.165, 1.54) is 71.4 Å². The largest absolute Gasteiger partial charge is 0.373 e. The van der Waals surface area contributed by atoms with Crippen molar-refractivity contribution in [3.63, 3.8) is 0 Å². The van der Waals surface area contributed by atoms with Crippen LogP contribution in [0.2, 0.25) is 0 Å². The minimum atomic E-state index is 0.389. The van der Waals surface area contributed by atoms with Gasteiger partial charge in [-0.05, 0) is 85.2 Å². The lowest BCUT2D eigenvalue weighted by Gasteiger charge is -2.44. The van der Waals surface area contributed by atoms with Gasteiger partial charge in [0, 0.05) is 38.3 Å². The zero-order valence-electron chi connectivity index (χ0n) is 17.3. The normalized spacial score (nSPS) is 39.3. The third kappa shape index (κ3) is 4.44. The number of fused-ring (bicyclic) bond motifs is 1. The molecule has 0 aromatic carbocycles. The summed E-state index contributed by atoms with van der Waals surface area (Å²) in [6.07, 6.45) is 7.51. The van der Waals surface area contributed by atoms with Crippen LogP contribution in [0.1, 0.15) is 39.0 Å². The van der Waals surface area contributed by atoms with Crippen molar-refractivity contribution in [2.75, 3.05) is 66.5 Å². The molecule has 0 amide bonds. The van der Waals surface area contributed by atoms with E-state index in [1.807, 2.05) is 0 Å². The maximum atomic E-state index is 6.36. The zero-order chi connectivity index (χ0) is 18.1. The van der Waals surface area contributed by atoms with Crippen molar-refractivity contribution in [2.24, 2.45) is 5.92 Å². The summed E-state index contributed by atoms with van der Waals surface area (Å²) in [6.45, 7) is 12.2. The topological polar surface area (TPSA) is 22.2 Å². The van der Waals surface area contributed by atoms with Gasteiger partial charge in [0.25, 0.3) is 0 Å². The van der Waals surface area contributed by atoms with Crippen molar-refractivity contribution >= 4 is 0 Å². The van der Waals surface area contributed by atoms with Crippen LogP contribution >= 0.6 is 0 Å². The molecule has 0 spiro atoms. The highest BCUT2D eigenvalue weighted by molar-refractivity contribution is 4.93. The Morgan fingerprint density at radius 2 is 1.58 bits per heavy atom. The first-order chi connectivity index (χ1) is 12.6. The van der Waals surface area contributed by atoms with Crippen LogP contribution in [-0.2, 0) is 4.74 Å². The van der Waals surface area contributed by atoms with Crippen LogP contribution in [0.3, 0.4) is 0 Å². The molecule has 0 aromatic rings. The fourth-order valence-electron chi connectivity index (χ4n) is 5.87. The number of likely N-dealkylation sites (tertiary alicyclic amines) is 3. The van der Waals surface area contributed by atoms with Crippen molar-refractivity contribution < 1.29 is 4.74 Å². The second kappa shape index (κ2) is 8.44. The molecule has 0 radical (unpaired) electrons. The maximum absolute atomic E-state index is 6.36. The Morgan fingerprint density at radius 3 is 2.38 bits per heavy atom. The molecular formula is C21H40N4O. The molecule has 4 aliphatic rings. The lowest BCUT2D eigenvalue weighted by molar-refractivity contribution is -0.0985. The van der Waals surface area contributed by atoms with Gasteiger partial charge in [0.15, 0.2) is 0 Å². The first kappa shape index (κ1) is 19.1. The number of hydrogen-bond acceptors (Lipinski definition) is 5. The molecule has 0 saturated carbocycles. The van der Waals surface area contributed by atoms with Crippen LogP contribution in [0.4, 0.5) is 0 Å². The van der Waals surface area contributed by atoms with Crippen LogP contribution in [0.25, 0.3) is 0 Å². The fraction of sp³-hybridized carbons (Fsp3) is 1.00. The van der Waals surface area contributed by atoms with Gasteiger partial charge in [-0.1, -0.05) is 0 Å². The number of ether oxygens (including phenoxy) is 1. The first-order valence-corrected chi connectivity index (χ1v) is 11.1. The average Bonchev–Trinajstić information content (AvgIpc) is 3.02. The molecule has 4 rings (SSSR count). The first-order valence-electron chi connectivity index (χ1n) is 11.1. The Kier molecular flexibility index (Phi) is 6.21. The van der Waals surface area contributed by atoms with Gasteiger partial charge in [0.2, 0.25) is 0 Å². The van der Waals surface area contributed by atoms with E-state index in [9.17, 15) is 0 Å². The van der Waals surface area contributed by atoms with E-state index < -0.39 is 0 Å². The van der Waals surface area contributed by atoms with Gasteiger partial charge >= 0.3 is 0 Å². The number of morpholine rings is 1. The third-order valence-corrected chi connectivity index (χ3v) is 7.48. The molecule has 4 heterocycles. The summed E-state index contributed by atoms with van der Waals surface area (Å²) in [5, 5.41) is 0. The standard InChI is InChI=1S/C21H40N4O/c1-17-14-25(19-6-10-22(2)11-7-19)15-20(26-17)8-13-24-12-5-18-4-9-23(3)16-21(18)24/h17-21H,4-16H2,1-3H3. The highest BCUT2D eigenvalue weighted by Crippen LogP contribution is 2.31. The molecule has 0 bridgehead atoms. The van der Waals surface area contributed by atoms with E-state index in [-0.39, 0.29) is 0 Å². The molecule has 0 N–H and O–H groups in total. The predicted octanol–water partition coefficient (Wildman–Crippen LogP) is 1.59. The number of hydrogen-bond donors (Lipinski definition) is 0. The summed E-state index contributed by atoms with van der Waals surface area (Å²) in [4.78, 5) is 10.5. The fourth-order valence-corrected chi connectivity index (χ4v) is 5.87. The monoisotopic (exact) mass is 364 g/mol. The van der Waals surface area contributed by atoms with Crippen molar-refractivity contribution in [1.29, 1.82) is 0 Å². The second-order valence-electron chi connectivity index (χ2n) is 9.55. The van der Waals surface area contributed by atoms with E-state index in [4.69, 9.17) is 4.74 Å². The molecular weight excluding hydrogens is 324 g/mol. The summed E-state index contributed by atoms with van der Waals surface area (Å²) in [5.74, 6) is 0.952. The van der Waals surface area contributed by atoms with Gasteiger partial charge in [-0.15, -0.1) is 0 Å². The van der Waals surface area contributed by atoms with Gasteiger partial charge < -0.3 is 14.5 Å². The van der Waals surface area contributed by atoms with E-state index in [0.29, 0.717) is 12.2 Å². The Morgan fingerprint density at radius 1 is 0.846 bits per heavy atom. The van der Waals surface area contributed by atoms with Crippen LogP contribution in [0.15, 0.2) is 0 Å². The van der Waals surface area contributed by atoms with Crippen molar-refractivity contribution in [3.05, 3.63) is 0 Å². The zero-order valence-corrected chi connectivity index (χ0v) is 17.3. The van der Waals surface area contributed by atoms with Gasteiger partial charge in [0.1, 0.15) is 0 Å². The van der Waals surface area contributed by atoms with Gasteiger partial charge in [-0.25, -0.2) is 0 Å². The van der Waals surface area contributed by atoms with Crippen molar-refractivity contribution in [3.8, 4) is 0 Å². The Bertz CT molecular complexity index is 453. The smallest absolute Gasteiger partial charge is 0.0718 e. The number of rotatable bonds is 4. The molecule has 5 heteroatoms. The molecule has 4 aliphatic heterocycles. The highest BCUT2D eigenvalue weighted by Gasteiger charge is 2.38. The average molecular weight is 365 g/mol. The number of likely N-dealkylation sites (N-methyl/N-ethyl adjacent to an activating group) is 1. The minimum absolute atomic E-state index is 0.389. The van der Waals surface area contributed by atoms with E-state index >= 15 is 0 Å². The molecule has 4 saturated heterocycles. The second-order valence-corrected chi connectivity index (χ2v) is 9.55. The van der Waals surface area contributed by atoms with Gasteiger partial charge in [0.05, 0.1) is 12.2 Å². The summed E-state index contributed by atoms with van der Waals surface area (Å²) in [6, 6.07) is 1.59. The Hall–Kier alpha value is -0.200.